The van der Waals surface area contributed by atoms with E-state index in [9.17, 15) is 14.4 Å². The minimum absolute atomic E-state index is 0.156. The third-order valence-electron chi connectivity index (χ3n) is 4.35. The molecule has 0 radical (unpaired) electrons. The van der Waals surface area contributed by atoms with Crippen LogP contribution in [0, 0.1) is 20.8 Å². The summed E-state index contributed by atoms with van der Waals surface area (Å²) in [5, 5.41) is 6.60. The van der Waals surface area contributed by atoms with E-state index in [4.69, 9.17) is 9.26 Å². The lowest BCUT2D eigenvalue weighted by Crippen LogP contribution is -2.37. The van der Waals surface area contributed by atoms with Gasteiger partial charge in [0, 0.05) is 12.7 Å². The van der Waals surface area contributed by atoms with E-state index in [2.05, 4.69) is 10.5 Å². The first-order valence-electron chi connectivity index (χ1n) is 8.96. The smallest absolute Gasteiger partial charge is 0.344 e. The van der Waals surface area contributed by atoms with E-state index in [1.54, 1.807) is 6.92 Å². The molecule has 1 aromatic heterocycles. The van der Waals surface area contributed by atoms with Gasteiger partial charge in [0.05, 0.1) is 12.2 Å². The number of esters is 1. The van der Waals surface area contributed by atoms with Gasteiger partial charge in [-0.2, -0.15) is 0 Å². The standard InChI is InChI=1S/C20H25N3O5/c1-6-15-18(14(4)28-22-15)20(26)27-11-17(25)23(5)10-16(24)21-19-12(2)8-7-9-13(19)3/h7-9H,6,10-11H2,1-5H3,(H,21,24). The monoisotopic (exact) mass is 387 g/mol. The predicted molar refractivity (Wildman–Crippen MR) is 103 cm³/mol. The molecule has 8 nitrogen and oxygen atoms in total. The lowest BCUT2D eigenvalue weighted by Gasteiger charge is -2.18. The Kier molecular flexibility index (Phi) is 6.92. The van der Waals surface area contributed by atoms with Crippen molar-refractivity contribution in [3.63, 3.8) is 0 Å². The predicted octanol–water partition coefficient (Wildman–Crippen LogP) is 2.42. The zero-order valence-corrected chi connectivity index (χ0v) is 16.8. The average Bonchev–Trinajstić information content (AvgIpc) is 3.03. The third kappa shape index (κ3) is 4.97. The summed E-state index contributed by atoms with van der Waals surface area (Å²) >= 11 is 0. The lowest BCUT2D eigenvalue weighted by atomic mass is 10.1. The molecule has 0 saturated carbocycles. The molecule has 0 unspecified atom stereocenters. The molecule has 8 heteroatoms. The van der Waals surface area contributed by atoms with E-state index in [0.29, 0.717) is 17.9 Å². The highest BCUT2D eigenvalue weighted by Gasteiger charge is 2.22. The number of anilines is 1. The Morgan fingerprint density at radius 3 is 2.43 bits per heavy atom. The first-order chi connectivity index (χ1) is 13.2. The van der Waals surface area contributed by atoms with E-state index >= 15 is 0 Å². The van der Waals surface area contributed by atoms with Crippen molar-refractivity contribution in [3.8, 4) is 0 Å². The van der Waals surface area contributed by atoms with Gasteiger partial charge in [-0.1, -0.05) is 30.3 Å². The second kappa shape index (κ2) is 9.16. The highest BCUT2D eigenvalue weighted by Crippen LogP contribution is 2.19. The molecule has 0 aliphatic heterocycles. The van der Waals surface area contributed by atoms with Gasteiger partial charge in [0.15, 0.2) is 6.61 Å². The number of amides is 2. The van der Waals surface area contributed by atoms with Crippen molar-refractivity contribution in [1.82, 2.24) is 10.1 Å². The number of carbonyl (C=O) groups excluding carboxylic acids is 3. The van der Waals surface area contributed by atoms with E-state index in [1.165, 1.54) is 11.9 Å². The molecule has 0 saturated heterocycles. The zero-order valence-electron chi connectivity index (χ0n) is 16.8. The van der Waals surface area contributed by atoms with Gasteiger partial charge in [-0.15, -0.1) is 0 Å². The fourth-order valence-electron chi connectivity index (χ4n) is 2.72. The quantitative estimate of drug-likeness (QED) is 0.732. The van der Waals surface area contributed by atoms with Crippen molar-refractivity contribution in [3.05, 3.63) is 46.3 Å². The number of para-hydroxylation sites is 1. The second-order valence-corrected chi connectivity index (χ2v) is 6.55. The number of likely N-dealkylation sites (N-methyl/N-ethyl adjacent to an activating group) is 1. The molecule has 2 amide bonds. The molecule has 1 N–H and O–H groups in total. The van der Waals surface area contributed by atoms with Crippen LogP contribution >= 0.6 is 0 Å². The van der Waals surface area contributed by atoms with Crippen LogP contribution in [0.4, 0.5) is 5.69 Å². The molecule has 0 aliphatic carbocycles. The Balaban J connectivity index is 1.89. The third-order valence-corrected chi connectivity index (χ3v) is 4.35. The summed E-state index contributed by atoms with van der Waals surface area (Å²) in [6, 6.07) is 5.70. The number of benzene rings is 1. The molecular weight excluding hydrogens is 362 g/mol. The number of ether oxygens (including phenoxy) is 1. The van der Waals surface area contributed by atoms with Crippen LogP contribution in [0.5, 0.6) is 0 Å². The number of nitrogens with zero attached hydrogens (tertiary/aromatic N) is 2. The Labute approximate surface area is 163 Å². The van der Waals surface area contributed by atoms with Crippen molar-refractivity contribution in [2.45, 2.75) is 34.1 Å². The van der Waals surface area contributed by atoms with Gasteiger partial charge >= 0.3 is 5.97 Å². The molecule has 0 bridgehead atoms. The molecular formula is C20H25N3O5. The average molecular weight is 387 g/mol. The maximum atomic E-state index is 12.3. The van der Waals surface area contributed by atoms with Crippen LogP contribution in [0.15, 0.2) is 22.7 Å². The topological polar surface area (TPSA) is 102 Å². The number of rotatable bonds is 7. The van der Waals surface area contributed by atoms with Gasteiger partial charge < -0.3 is 19.5 Å². The van der Waals surface area contributed by atoms with Gasteiger partial charge in [-0.25, -0.2) is 4.79 Å². The van der Waals surface area contributed by atoms with Gasteiger partial charge in [-0.05, 0) is 38.3 Å². The van der Waals surface area contributed by atoms with Crippen molar-refractivity contribution in [2.24, 2.45) is 0 Å². The number of nitrogens with one attached hydrogen (secondary N) is 1. The highest BCUT2D eigenvalue weighted by atomic mass is 16.5. The number of hydrogen-bond donors (Lipinski definition) is 1. The van der Waals surface area contributed by atoms with Crippen molar-refractivity contribution in [2.75, 3.05) is 25.5 Å². The lowest BCUT2D eigenvalue weighted by molar-refractivity contribution is -0.136. The largest absolute Gasteiger partial charge is 0.452 e. The van der Waals surface area contributed by atoms with Crippen LogP contribution in [-0.4, -0.2) is 48.0 Å². The van der Waals surface area contributed by atoms with Crippen LogP contribution in [-0.2, 0) is 20.7 Å². The van der Waals surface area contributed by atoms with Crippen LogP contribution in [0.3, 0.4) is 0 Å². The van der Waals surface area contributed by atoms with E-state index in [-0.39, 0.29) is 18.0 Å². The normalized spacial score (nSPS) is 10.5. The molecule has 1 heterocycles. The molecule has 0 spiro atoms. The van der Waals surface area contributed by atoms with E-state index in [1.807, 2.05) is 39.0 Å². The van der Waals surface area contributed by atoms with Crippen molar-refractivity contribution >= 4 is 23.5 Å². The van der Waals surface area contributed by atoms with Crippen molar-refractivity contribution < 1.29 is 23.6 Å². The molecule has 1 aromatic carbocycles. The molecule has 150 valence electrons. The van der Waals surface area contributed by atoms with Crippen LogP contribution in [0.2, 0.25) is 0 Å². The molecule has 2 rings (SSSR count). The fourth-order valence-corrected chi connectivity index (χ4v) is 2.72. The summed E-state index contributed by atoms with van der Waals surface area (Å²) in [6.45, 7) is 6.61. The van der Waals surface area contributed by atoms with Crippen LogP contribution in [0.1, 0.15) is 39.9 Å². The number of aryl methyl sites for hydroxylation is 4. The fraction of sp³-hybridized carbons (Fsp3) is 0.400. The molecule has 28 heavy (non-hydrogen) atoms. The Bertz CT molecular complexity index is 868. The zero-order chi connectivity index (χ0) is 20.8. The Hall–Kier alpha value is -3.16. The van der Waals surface area contributed by atoms with Gasteiger partial charge in [0.2, 0.25) is 5.91 Å². The van der Waals surface area contributed by atoms with Crippen LogP contribution < -0.4 is 5.32 Å². The number of aromatic nitrogens is 1. The molecule has 2 aromatic rings. The molecule has 0 fully saturated rings. The Morgan fingerprint density at radius 2 is 1.82 bits per heavy atom. The number of hydrogen-bond acceptors (Lipinski definition) is 6. The maximum absolute atomic E-state index is 12.3. The molecule has 0 atom stereocenters. The summed E-state index contributed by atoms with van der Waals surface area (Å²) in [6.07, 6.45) is 0.508. The maximum Gasteiger partial charge on any atom is 0.344 e. The first-order valence-corrected chi connectivity index (χ1v) is 8.96. The van der Waals surface area contributed by atoms with E-state index in [0.717, 1.165) is 16.8 Å². The van der Waals surface area contributed by atoms with Crippen molar-refractivity contribution in [1.29, 1.82) is 0 Å². The second-order valence-electron chi connectivity index (χ2n) is 6.55. The summed E-state index contributed by atoms with van der Waals surface area (Å²) in [5.74, 6) is -1.15. The highest BCUT2D eigenvalue weighted by molar-refractivity contribution is 5.96. The van der Waals surface area contributed by atoms with Gasteiger partial charge in [-0.3, -0.25) is 9.59 Å². The minimum Gasteiger partial charge on any atom is -0.452 e. The van der Waals surface area contributed by atoms with Gasteiger partial charge in [0.25, 0.3) is 5.91 Å². The summed E-state index contributed by atoms with van der Waals surface area (Å²) in [4.78, 5) is 37.9. The van der Waals surface area contributed by atoms with Gasteiger partial charge in [0.1, 0.15) is 11.3 Å². The number of carbonyl (C=O) groups is 3. The first kappa shape index (κ1) is 21.1. The summed E-state index contributed by atoms with van der Waals surface area (Å²) < 4.78 is 10.1. The SMILES string of the molecule is CCc1noc(C)c1C(=O)OCC(=O)N(C)CC(=O)Nc1c(C)cccc1C. The van der Waals surface area contributed by atoms with E-state index < -0.39 is 18.5 Å². The summed E-state index contributed by atoms with van der Waals surface area (Å²) in [5.41, 5.74) is 3.33. The summed E-state index contributed by atoms with van der Waals surface area (Å²) in [7, 11) is 1.47. The minimum atomic E-state index is -0.669. The molecule has 0 aliphatic rings. The Morgan fingerprint density at radius 1 is 1.18 bits per heavy atom. The van der Waals surface area contributed by atoms with Crippen LogP contribution in [0.25, 0.3) is 0 Å².